The highest BCUT2D eigenvalue weighted by Crippen LogP contribution is 2.46. The number of carbonyl (C=O) groups is 2. The lowest BCUT2D eigenvalue weighted by atomic mass is 9.97. The van der Waals surface area contributed by atoms with E-state index in [1.807, 2.05) is 39.8 Å². The van der Waals surface area contributed by atoms with Gasteiger partial charge in [-0.15, -0.1) is 16.4 Å². The highest BCUT2D eigenvalue weighted by molar-refractivity contribution is 7.12. The number of aryl methyl sites for hydroxylation is 2. The van der Waals surface area contributed by atoms with Gasteiger partial charge in [-0.05, 0) is 87.9 Å². The second-order valence-corrected chi connectivity index (χ2v) is 11.0. The maximum absolute atomic E-state index is 13.5. The second kappa shape index (κ2) is 10.9. The van der Waals surface area contributed by atoms with E-state index in [-0.39, 0.29) is 5.91 Å². The molecule has 2 aromatic carbocycles. The molecule has 1 saturated carbocycles. The number of nitrogens with one attached hydrogen (secondary N) is 1. The van der Waals surface area contributed by atoms with E-state index in [9.17, 15) is 22.8 Å². The molecule has 202 valence electrons. The van der Waals surface area contributed by atoms with Crippen molar-refractivity contribution in [1.82, 2.24) is 10.4 Å². The quantitative estimate of drug-likeness (QED) is 0.301. The van der Waals surface area contributed by atoms with Crippen molar-refractivity contribution in [2.45, 2.75) is 58.7 Å². The maximum Gasteiger partial charge on any atom is 0.416 e. The highest BCUT2D eigenvalue weighted by atomic mass is 32.1. The van der Waals surface area contributed by atoms with Crippen LogP contribution >= 0.6 is 11.3 Å². The van der Waals surface area contributed by atoms with E-state index >= 15 is 0 Å². The maximum atomic E-state index is 13.5. The number of thiophene rings is 1. The number of amides is 1. The van der Waals surface area contributed by atoms with Crippen molar-refractivity contribution >= 4 is 23.2 Å². The summed E-state index contributed by atoms with van der Waals surface area (Å²) in [4.78, 5) is 33.2. The molecule has 0 aliphatic heterocycles. The Bertz CT molecular complexity index is 1310. The minimum absolute atomic E-state index is 0.198. The van der Waals surface area contributed by atoms with E-state index in [2.05, 4.69) is 5.32 Å². The third-order valence-electron chi connectivity index (χ3n) is 6.97. The lowest BCUT2D eigenvalue weighted by molar-refractivity contribution is -0.137. The van der Waals surface area contributed by atoms with Gasteiger partial charge in [-0.25, -0.2) is 4.79 Å². The van der Waals surface area contributed by atoms with Gasteiger partial charge >= 0.3 is 12.1 Å². The van der Waals surface area contributed by atoms with Gasteiger partial charge in [-0.3, -0.25) is 4.79 Å². The summed E-state index contributed by atoms with van der Waals surface area (Å²) in [6.07, 6.45) is -2.47. The van der Waals surface area contributed by atoms with Crippen LogP contribution < -0.4 is 5.32 Å². The molecule has 38 heavy (non-hydrogen) atoms. The molecule has 0 radical (unpaired) electrons. The van der Waals surface area contributed by atoms with Gasteiger partial charge < -0.3 is 10.2 Å². The van der Waals surface area contributed by atoms with Gasteiger partial charge in [0.1, 0.15) is 0 Å². The summed E-state index contributed by atoms with van der Waals surface area (Å²) in [5.41, 5.74) is 2.27. The number of hydroxylamine groups is 2. The van der Waals surface area contributed by atoms with Gasteiger partial charge in [0.2, 0.25) is 0 Å². The standard InChI is InChI=1S/C29H31F3N2O3S/c1-5-34(6-2)37-27(36)21-9-13-22(14-10-21)28(15-16-28)33-26(35)25-19(4)38-18(3)24(25)17-20-7-11-23(12-8-20)29(30,31)32/h7-14H,5-6,15-17H2,1-4H3,(H,33,35). The largest absolute Gasteiger partial charge is 0.416 e. The molecule has 1 aliphatic rings. The minimum Gasteiger partial charge on any atom is -0.364 e. The predicted molar refractivity (Wildman–Crippen MR) is 141 cm³/mol. The number of carbonyl (C=O) groups excluding carboxylic acids is 2. The number of rotatable bonds is 9. The average Bonchev–Trinajstić information content (AvgIpc) is 3.60. The fourth-order valence-corrected chi connectivity index (χ4v) is 5.67. The summed E-state index contributed by atoms with van der Waals surface area (Å²) in [6, 6.07) is 12.2. The Hall–Kier alpha value is -3.17. The number of nitrogens with zero attached hydrogens (tertiary/aromatic N) is 1. The normalized spacial score (nSPS) is 14.4. The molecule has 0 spiro atoms. The fraction of sp³-hybridized carbons (Fsp3) is 0.379. The topological polar surface area (TPSA) is 58.6 Å². The van der Waals surface area contributed by atoms with E-state index in [4.69, 9.17) is 4.84 Å². The molecule has 3 aromatic rings. The summed E-state index contributed by atoms with van der Waals surface area (Å²) >= 11 is 1.51. The molecule has 1 N–H and O–H groups in total. The van der Waals surface area contributed by atoms with Crippen LogP contribution in [0.3, 0.4) is 0 Å². The van der Waals surface area contributed by atoms with Crippen molar-refractivity contribution < 1.29 is 27.6 Å². The zero-order valence-electron chi connectivity index (χ0n) is 21.9. The van der Waals surface area contributed by atoms with Gasteiger partial charge in [0.05, 0.1) is 22.2 Å². The molecule has 1 aliphatic carbocycles. The molecule has 1 aromatic heterocycles. The molecule has 0 unspecified atom stereocenters. The Labute approximate surface area is 224 Å². The molecule has 1 heterocycles. The van der Waals surface area contributed by atoms with Gasteiger partial charge in [0.15, 0.2) is 0 Å². The Morgan fingerprint density at radius 2 is 1.58 bits per heavy atom. The van der Waals surface area contributed by atoms with Crippen molar-refractivity contribution in [2.24, 2.45) is 0 Å². The Morgan fingerprint density at radius 1 is 0.974 bits per heavy atom. The SMILES string of the molecule is CCN(CC)OC(=O)c1ccc(C2(NC(=O)c3c(C)sc(C)c3Cc3ccc(C(F)(F)F)cc3)CC2)cc1. The Balaban J connectivity index is 1.50. The average molecular weight is 545 g/mol. The van der Waals surface area contributed by atoms with Crippen LogP contribution in [0.2, 0.25) is 0 Å². The summed E-state index contributed by atoms with van der Waals surface area (Å²) in [5, 5.41) is 4.78. The van der Waals surface area contributed by atoms with Gasteiger partial charge in [0.25, 0.3) is 5.91 Å². The van der Waals surface area contributed by atoms with Crippen molar-refractivity contribution in [1.29, 1.82) is 0 Å². The van der Waals surface area contributed by atoms with E-state index in [1.54, 1.807) is 17.2 Å². The summed E-state index contributed by atoms with van der Waals surface area (Å²) in [7, 11) is 0. The lowest BCUT2D eigenvalue weighted by Gasteiger charge is -2.20. The molecule has 0 atom stereocenters. The summed E-state index contributed by atoms with van der Waals surface area (Å²) in [6.45, 7) is 8.82. The minimum atomic E-state index is -4.39. The number of hydrogen-bond acceptors (Lipinski definition) is 5. The van der Waals surface area contributed by atoms with Crippen LogP contribution in [0.1, 0.15) is 79.4 Å². The summed E-state index contributed by atoms with van der Waals surface area (Å²) in [5.74, 6) is -0.623. The van der Waals surface area contributed by atoms with Crippen LogP contribution in [0.4, 0.5) is 13.2 Å². The smallest absolute Gasteiger partial charge is 0.364 e. The van der Waals surface area contributed by atoms with Crippen LogP contribution in [0.15, 0.2) is 48.5 Å². The molecular formula is C29H31F3N2O3S. The molecular weight excluding hydrogens is 513 g/mol. The van der Waals surface area contributed by atoms with Crippen LogP contribution in [0, 0.1) is 13.8 Å². The zero-order valence-corrected chi connectivity index (χ0v) is 22.7. The number of alkyl halides is 3. The van der Waals surface area contributed by atoms with Crippen LogP contribution in [-0.4, -0.2) is 30.0 Å². The monoisotopic (exact) mass is 544 g/mol. The molecule has 5 nitrogen and oxygen atoms in total. The Morgan fingerprint density at radius 3 is 2.11 bits per heavy atom. The van der Waals surface area contributed by atoms with Crippen molar-refractivity contribution in [2.75, 3.05) is 13.1 Å². The Kier molecular flexibility index (Phi) is 7.99. The molecule has 1 amide bonds. The number of halogens is 3. The van der Waals surface area contributed by atoms with Crippen LogP contribution in [-0.2, 0) is 23.0 Å². The first-order valence-electron chi connectivity index (χ1n) is 12.6. The molecule has 0 bridgehead atoms. The third kappa shape index (κ3) is 5.94. The van der Waals surface area contributed by atoms with E-state index in [0.717, 1.165) is 45.9 Å². The number of hydrogen-bond donors (Lipinski definition) is 1. The molecule has 4 rings (SSSR count). The van der Waals surface area contributed by atoms with E-state index < -0.39 is 23.2 Å². The van der Waals surface area contributed by atoms with Gasteiger partial charge in [-0.1, -0.05) is 24.3 Å². The molecule has 9 heteroatoms. The van der Waals surface area contributed by atoms with Crippen molar-refractivity contribution in [3.05, 3.63) is 91.7 Å². The zero-order chi connectivity index (χ0) is 27.7. The predicted octanol–water partition coefficient (Wildman–Crippen LogP) is 6.81. The second-order valence-electron chi connectivity index (χ2n) is 9.55. The van der Waals surface area contributed by atoms with E-state index in [1.165, 1.54) is 23.5 Å². The van der Waals surface area contributed by atoms with Gasteiger partial charge in [0, 0.05) is 22.8 Å². The van der Waals surface area contributed by atoms with E-state index in [0.29, 0.717) is 36.2 Å². The lowest BCUT2D eigenvalue weighted by Crippen LogP contribution is -2.35. The first-order valence-corrected chi connectivity index (χ1v) is 13.4. The van der Waals surface area contributed by atoms with Crippen molar-refractivity contribution in [3.8, 4) is 0 Å². The van der Waals surface area contributed by atoms with Crippen molar-refractivity contribution in [3.63, 3.8) is 0 Å². The number of benzene rings is 2. The fourth-order valence-electron chi connectivity index (χ4n) is 4.59. The first kappa shape index (κ1) is 27.9. The third-order valence-corrected chi connectivity index (χ3v) is 8.03. The molecule has 1 fully saturated rings. The molecule has 0 saturated heterocycles. The summed E-state index contributed by atoms with van der Waals surface area (Å²) < 4.78 is 38.9. The highest BCUT2D eigenvalue weighted by Gasteiger charge is 2.46. The van der Waals surface area contributed by atoms with Crippen LogP contribution in [0.25, 0.3) is 0 Å². The first-order chi connectivity index (χ1) is 18.0. The van der Waals surface area contributed by atoms with Crippen LogP contribution in [0.5, 0.6) is 0 Å². The van der Waals surface area contributed by atoms with Gasteiger partial charge in [-0.2, -0.15) is 13.2 Å².